The van der Waals surface area contributed by atoms with Crippen LogP contribution >= 0.6 is 11.6 Å². The molecule has 0 aliphatic carbocycles. The second-order valence-electron chi connectivity index (χ2n) is 4.15. The van der Waals surface area contributed by atoms with Gasteiger partial charge in [0.1, 0.15) is 16.9 Å². The maximum atomic E-state index is 12.6. The van der Waals surface area contributed by atoms with E-state index in [2.05, 4.69) is 4.98 Å². The van der Waals surface area contributed by atoms with E-state index in [9.17, 15) is 18.0 Å². The fourth-order valence-corrected chi connectivity index (χ4v) is 1.92. The van der Waals surface area contributed by atoms with Crippen LogP contribution in [-0.4, -0.2) is 23.6 Å². The van der Waals surface area contributed by atoms with Crippen molar-refractivity contribution in [3.63, 3.8) is 0 Å². The van der Waals surface area contributed by atoms with Crippen LogP contribution in [0.5, 0.6) is 0 Å². The second-order valence-corrected chi connectivity index (χ2v) is 4.51. The first-order chi connectivity index (χ1) is 9.16. The van der Waals surface area contributed by atoms with Gasteiger partial charge >= 0.3 is 12.1 Å². The minimum absolute atomic E-state index is 0.0331. The molecule has 20 heavy (non-hydrogen) atoms. The molecular formula is C12H14ClF3N2O2. The third-order valence-electron chi connectivity index (χ3n) is 2.60. The third kappa shape index (κ3) is 4.08. The van der Waals surface area contributed by atoms with Crippen molar-refractivity contribution in [1.82, 2.24) is 4.98 Å². The Kier molecular flexibility index (Phi) is 5.35. The molecule has 0 aliphatic heterocycles. The van der Waals surface area contributed by atoms with Gasteiger partial charge in [-0.3, -0.25) is 4.79 Å². The summed E-state index contributed by atoms with van der Waals surface area (Å²) in [4.78, 5) is 14.7. The molecular weight excluding hydrogens is 297 g/mol. The van der Waals surface area contributed by atoms with Gasteiger partial charge in [0.25, 0.3) is 0 Å². The number of nitrogens with two attached hydrogens (primary N) is 1. The summed E-state index contributed by atoms with van der Waals surface area (Å²) < 4.78 is 42.4. The lowest BCUT2D eigenvalue weighted by atomic mass is 10.0. The maximum Gasteiger partial charge on any atom is 0.433 e. The summed E-state index contributed by atoms with van der Waals surface area (Å²) in [6.07, 6.45) is -4.61. The molecule has 0 fully saturated rings. The fraction of sp³-hybridized carbons (Fsp3) is 0.500. The summed E-state index contributed by atoms with van der Waals surface area (Å²) >= 11 is 5.75. The molecule has 1 unspecified atom stereocenters. The quantitative estimate of drug-likeness (QED) is 0.685. The highest BCUT2D eigenvalue weighted by molar-refractivity contribution is 6.30. The lowest BCUT2D eigenvalue weighted by Crippen LogP contribution is -2.34. The Labute approximate surface area is 119 Å². The number of aryl methyl sites for hydroxylation is 1. The van der Waals surface area contributed by atoms with E-state index in [4.69, 9.17) is 22.1 Å². The van der Waals surface area contributed by atoms with Crippen molar-refractivity contribution in [3.8, 4) is 0 Å². The number of rotatable bonds is 4. The van der Waals surface area contributed by atoms with Gasteiger partial charge in [-0.2, -0.15) is 13.2 Å². The molecule has 112 valence electrons. The van der Waals surface area contributed by atoms with Crippen LogP contribution in [0.2, 0.25) is 5.15 Å². The van der Waals surface area contributed by atoms with Crippen molar-refractivity contribution in [3.05, 3.63) is 28.0 Å². The van der Waals surface area contributed by atoms with Crippen molar-refractivity contribution < 1.29 is 22.7 Å². The normalized spacial score (nSPS) is 13.2. The molecule has 1 aromatic rings. The zero-order chi connectivity index (χ0) is 15.5. The minimum Gasteiger partial charge on any atom is -0.465 e. The summed E-state index contributed by atoms with van der Waals surface area (Å²) in [5.41, 5.74) is 5.12. The van der Waals surface area contributed by atoms with E-state index < -0.39 is 23.9 Å². The molecule has 0 aliphatic rings. The van der Waals surface area contributed by atoms with Crippen molar-refractivity contribution >= 4 is 17.6 Å². The first-order valence-electron chi connectivity index (χ1n) is 5.82. The lowest BCUT2D eigenvalue weighted by Gasteiger charge is -2.15. The van der Waals surface area contributed by atoms with Crippen LogP contribution in [0.3, 0.4) is 0 Å². The van der Waals surface area contributed by atoms with Crippen molar-refractivity contribution in [2.24, 2.45) is 5.73 Å². The standard InChI is InChI=1S/C12H14ClF3N2O2/c1-3-20-11(19)8(17)5-7-6(2)4-9(12(14,15)16)18-10(7)13/h4,8H,3,5,17H2,1-2H3. The molecule has 8 heteroatoms. The Morgan fingerprint density at radius 2 is 2.15 bits per heavy atom. The molecule has 0 aromatic carbocycles. The SMILES string of the molecule is CCOC(=O)C(N)Cc1c(C)cc(C(F)(F)F)nc1Cl. The summed E-state index contributed by atoms with van der Waals surface area (Å²) in [5.74, 6) is -0.636. The van der Waals surface area contributed by atoms with Gasteiger partial charge in [-0.05, 0) is 31.0 Å². The van der Waals surface area contributed by atoms with E-state index in [1.165, 1.54) is 6.92 Å². The summed E-state index contributed by atoms with van der Waals surface area (Å²) in [6, 6.07) is -0.122. The fourth-order valence-electron chi connectivity index (χ4n) is 1.60. The number of carbonyl (C=O) groups is 1. The first-order valence-corrected chi connectivity index (χ1v) is 6.20. The predicted molar refractivity (Wildman–Crippen MR) is 67.3 cm³/mol. The van der Waals surface area contributed by atoms with Crippen LogP contribution in [-0.2, 0) is 22.1 Å². The lowest BCUT2D eigenvalue weighted by molar-refractivity contribution is -0.144. The van der Waals surface area contributed by atoms with Crippen LogP contribution < -0.4 is 5.73 Å². The number of carbonyl (C=O) groups excluding carboxylic acids is 1. The zero-order valence-electron chi connectivity index (χ0n) is 10.9. The van der Waals surface area contributed by atoms with E-state index in [1.54, 1.807) is 6.92 Å². The summed E-state index contributed by atoms with van der Waals surface area (Å²) in [6.45, 7) is 3.25. The van der Waals surface area contributed by atoms with Crippen LogP contribution in [0.25, 0.3) is 0 Å². The second kappa shape index (κ2) is 6.41. The van der Waals surface area contributed by atoms with Crippen LogP contribution in [0.1, 0.15) is 23.7 Å². The van der Waals surface area contributed by atoms with Crippen LogP contribution in [0, 0.1) is 6.92 Å². The molecule has 1 heterocycles. The molecule has 0 bridgehead atoms. The number of esters is 1. The highest BCUT2D eigenvalue weighted by Crippen LogP contribution is 2.31. The molecule has 4 nitrogen and oxygen atoms in total. The Balaban J connectivity index is 3.00. The van der Waals surface area contributed by atoms with E-state index in [1.807, 2.05) is 0 Å². The van der Waals surface area contributed by atoms with Crippen LogP contribution in [0.4, 0.5) is 13.2 Å². The Morgan fingerprint density at radius 1 is 1.55 bits per heavy atom. The molecule has 0 radical (unpaired) electrons. The van der Waals surface area contributed by atoms with Gasteiger partial charge in [0.05, 0.1) is 6.61 Å². The number of alkyl halides is 3. The molecule has 1 atom stereocenters. The van der Waals surface area contributed by atoms with Gasteiger partial charge in [-0.1, -0.05) is 11.6 Å². The number of ether oxygens (including phenoxy) is 1. The monoisotopic (exact) mass is 310 g/mol. The summed E-state index contributed by atoms with van der Waals surface area (Å²) in [5, 5.41) is -0.308. The molecule has 1 aromatic heterocycles. The highest BCUT2D eigenvalue weighted by Gasteiger charge is 2.34. The molecule has 2 N–H and O–H groups in total. The van der Waals surface area contributed by atoms with Gasteiger partial charge < -0.3 is 10.5 Å². The maximum absolute atomic E-state index is 12.6. The minimum atomic E-state index is -4.57. The van der Waals surface area contributed by atoms with E-state index in [0.717, 1.165) is 6.07 Å². The van der Waals surface area contributed by atoms with E-state index in [-0.39, 0.29) is 23.7 Å². The van der Waals surface area contributed by atoms with Crippen LogP contribution in [0.15, 0.2) is 6.07 Å². The van der Waals surface area contributed by atoms with Gasteiger partial charge in [0, 0.05) is 6.42 Å². The van der Waals surface area contributed by atoms with Crippen molar-refractivity contribution in [1.29, 1.82) is 0 Å². The Hall–Kier alpha value is -1.34. The number of hydrogen-bond donors (Lipinski definition) is 1. The largest absolute Gasteiger partial charge is 0.465 e. The average molecular weight is 311 g/mol. The molecule has 0 amide bonds. The van der Waals surface area contributed by atoms with Crippen molar-refractivity contribution in [2.75, 3.05) is 6.61 Å². The third-order valence-corrected chi connectivity index (χ3v) is 2.91. The molecule has 0 saturated carbocycles. The zero-order valence-corrected chi connectivity index (χ0v) is 11.7. The molecule has 0 spiro atoms. The first kappa shape index (κ1) is 16.7. The highest BCUT2D eigenvalue weighted by atomic mass is 35.5. The predicted octanol–water partition coefficient (Wildman–Crippen LogP) is 2.50. The van der Waals surface area contributed by atoms with E-state index >= 15 is 0 Å². The topological polar surface area (TPSA) is 65.2 Å². The Morgan fingerprint density at radius 3 is 2.60 bits per heavy atom. The van der Waals surface area contributed by atoms with Crippen molar-refractivity contribution in [2.45, 2.75) is 32.5 Å². The Bertz CT molecular complexity index is 483. The number of hydrogen-bond acceptors (Lipinski definition) is 4. The van der Waals surface area contributed by atoms with Gasteiger partial charge in [-0.15, -0.1) is 0 Å². The van der Waals surface area contributed by atoms with Gasteiger partial charge in [0.15, 0.2) is 0 Å². The van der Waals surface area contributed by atoms with Gasteiger partial charge in [0.2, 0.25) is 0 Å². The molecule has 0 saturated heterocycles. The van der Waals surface area contributed by atoms with E-state index in [0.29, 0.717) is 5.56 Å². The number of halogens is 4. The summed E-state index contributed by atoms with van der Waals surface area (Å²) in [7, 11) is 0. The number of nitrogens with zero attached hydrogens (tertiary/aromatic N) is 1. The van der Waals surface area contributed by atoms with Gasteiger partial charge in [-0.25, -0.2) is 4.98 Å². The molecule has 1 rings (SSSR count). The smallest absolute Gasteiger partial charge is 0.433 e. The average Bonchev–Trinajstić information content (AvgIpc) is 2.32. The number of aromatic nitrogens is 1. The number of pyridine rings is 1.